The van der Waals surface area contributed by atoms with Crippen molar-refractivity contribution in [3.63, 3.8) is 0 Å². The Morgan fingerprint density at radius 2 is 2.00 bits per heavy atom. The Labute approximate surface area is 82.2 Å². The van der Waals surface area contributed by atoms with Crippen molar-refractivity contribution in [2.45, 2.75) is 12.8 Å². The Kier molecular flexibility index (Phi) is 1.65. The van der Waals surface area contributed by atoms with Crippen LogP contribution in [-0.2, 0) is 0 Å². The number of pyridine rings is 1. The average Bonchev–Trinajstić information content (AvgIpc) is 2.86. The van der Waals surface area contributed by atoms with Crippen molar-refractivity contribution in [2.75, 3.05) is 18.0 Å². The Morgan fingerprint density at radius 1 is 1.14 bits per heavy atom. The molecular formula is C10H12N4. The van der Waals surface area contributed by atoms with Crippen molar-refractivity contribution in [1.29, 1.82) is 0 Å². The molecule has 1 fully saturated rings. The second-order valence-electron chi connectivity index (χ2n) is 3.61. The fourth-order valence-corrected chi connectivity index (χ4v) is 1.87. The molecule has 0 bridgehead atoms. The first-order valence-corrected chi connectivity index (χ1v) is 5.00. The van der Waals surface area contributed by atoms with E-state index in [1.807, 2.05) is 28.9 Å². The third-order valence-corrected chi connectivity index (χ3v) is 2.62. The van der Waals surface area contributed by atoms with Crippen LogP contribution < -0.4 is 4.90 Å². The van der Waals surface area contributed by atoms with Crippen LogP contribution in [0.25, 0.3) is 5.65 Å². The summed E-state index contributed by atoms with van der Waals surface area (Å²) < 4.78 is 1.83. The van der Waals surface area contributed by atoms with E-state index in [9.17, 15) is 0 Å². The molecule has 0 aliphatic carbocycles. The van der Waals surface area contributed by atoms with Crippen molar-refractivity contribution in [3.05, 3.63) is 24.4 Å². The molecule has 2 aromatic rings. The van der Waals surface area contributed by atoms with Gasteiger partial charge in [-0.05, 0) is 25.0 Å². The maximum atomic E-state index is 4.47. The molecule has 0 unspecified atom stereocenters. The third-order valence-electron chi connectivity index (χ3n) is 2.62. The highest BCUT2D eigenvalue weighted by Gasteiger charge is 2.16. The molecule has 1 aliphatic heterocycles. The van der Waals surface area contributed by atoms with Crippen LogP contribution in [0.1, 0.15) is 12.8 Å². The molecule has 4 heteroatoms. The SMILES string of the molecule is c1ccn2nc(N3CCCC3)nc2c1. The zero-order chi connectivity index (χ0) is 9.38. The van der Waals surface area contributed by atoms with E-state index in [1.54, 1.807) is 0 Å². The fraction of sp³-hybridized carbons (Fsp3) is 0.400. The minimum Gasteiger partial charge on any atom is -0.340 e. The zero-order valence-electron chi connectivity index (χ0n) is 7.93. The number of fused-ring (bicyclic) bond motifs is 1. The minimum absolute atomic E-state index is 0.869. The minimum atomic E-state index is 0.869. The lowest BCUT2D eigenvalue weighted by molar-refractivity contribution is 0.875. The van der Waals surface area contributed by atoms with Gasteiger partial charge in [-0.25, -0.2) is 4.52 Å². The van der Waals surface area contributed by atoms with Crippen molar-refractivity contribution >= 4 is 11.6 Å². The van der Waals surface area contributed by atoms with E-state index in [1.165, 1.54) is 12.8 Å². The van der Waals surface area contributed by atoms with Crippen LogP contribution in [0.2, 0.25) is 0 Å². The first kappa shape index (κ1) is 7.79. The number of aromatic nitrogens is 3. The molecule has 0 amide bonds. The standard InChI is InChI=1S/C10H12N4/c1-2-8-14-9(5-1)11-10(12-14)13-6-3-4-7-13/h1-2,5,8H,3-4,6-7H2. The molecule has 0 saturated carbocycles. The predicted octanol–water partition coefficient (Wildman–Crippen LogP) is 1.33. The van der Waals surface area contributed by atoms with Crippen LogP contribution in [0.3, 0.4) is 0 Å². The van der Waals surface area contributed by atoms with Gasteiger partial charge >= 0.3 is 0 Å². The summed E-state index contributed by atoms with van der Waals surface area (Å²) in [5.41, 5.74) is 0.925. The molecule has 72 valence electrons. The molecule has 4 nitrogen and oxygen atoms in total. The van der Waals surface area contributed by atoms with Gasteiger partial charge in [-0.2, -0.15) is 4.98 Å². The van der Waals surface area contributed by atoms with Crippen LogP contribution in [0.4, 0.5) is 5.95 Å². The second-order valence-corrected chi connectivity index (χ2v) is 3.61. The van der Waals surface area contributed by atoms with E-state index < -0.39 is 0 Å². The Hall–Kier alpha value is -1.58. The summed E-state index contributed by atoms with van der Waals surface area (Å²) in [6, 6.07) is 5.93. The van der Waals surface area contributed by atoms with Crippen LogP contribution in [0.5, 0.6) is 0 Å². The van der Waals surface area contributed by atoms with Crippen LogP contribution >= 0.6 is 0 Å². The molecule has 2 aromatic heterocycles. The van der Waals surface area contributed by atoms with Crippen molar-refractivity contribution in [3.8, 4) is 0 Å². The highest BCUT2D eigenvalue weighted by molar-refractivity contribution is 5.44. The van der Waals surface area contributed by atoms with Crippen molar-refractivity contribution < 1.29 is 0 Å². The smallest absolute Gasteiger partial charge is 0.245 e. The van der Waals surface area contributed by atoms with E-state index in [2.05, 4.69) is 15.0 Å². The summed E-state index contributed by atoms with van der Waals surface area (Å²) in [6.45, 7) is 2.19. The van der Waals surface area contributed by atoms with Gasteiger partial charge in [0.2, 0.25) is 5.95 Å². The first-order chi connectivity index (χ1) is 6.93. The lowest BCUT2D eigenvalue weighted by Crippen LogP contribution is -2.19. The Bertz CT molecular complexity index is 409. The molecule has 3 heterocycles. The summed E-state index contributed by atoms with van der Waals surface area (Å²) in [5, 5.41) is 4.43. The largest absolute Gasteiger partial charge is 0.340 e. The number of nitrogens with zero attached hydrogens (tertiary/aromatic N) is 4. The fourth-order valence-electron chi connectivity index (χ4n) is 1.87. The molecule has 1 aliphatic rings. The maximum Gasteiger partial charge on any atom is 0.245 e. The van der Waals surface area contributed by atoms with Gasteiger partial charge < -0.3 is 4.90 Å². The molecule has 14 heavy (non-hydrogen) atoms. The molecule has 0 radical (unpaired) electrons. The van der Waals surface area contributed by atoms with E-state index in [0.717, 1.165) is 24.7 Å². The van der Waals surface area contributed by atoms with Gasteiger partial charge in [0.15, 0.2) is 5.65 Å². The molecule has 0 spiro atoms. The Morgan fingerprint density at radius 3 is 2.79 bits per heavy atom. The van der Waals surface area contributed by atoms with Gasteiger partial charge in [0, 0.05) is 19.3 Å². The molecule has 0 aromatic carbocycles. The Balaban J connectivity index is 2.05. The topological polar surface area (TPSA) is 33.4 Å². The summed E-state index contributed by atoms with van der Waals surface area (Å²) in [5.74, 6) is 0.869. The first-order valence-electron chi connectivity index (χ1n) is 5.00. The number of anilines is 1. The quantitative estimate of drug-likeness (QED) is 0.677. The van der Waals surface area contributed by atoms with Crippen LogP contribution in [0, 0.1) is 0 Å². The lowest BCUT2D eigenvalue weighted by Gasteiger charge is -2.10. The monoisotopic (exact) mass is 188 g/mol. The summed E-state index contributed by atoms with van der Waals surface area (Å²) in [7, 11) is 0. The molecular weight excluding hydrogens is 176 g/mol. The molecule has 1 saturated heterocycles. The highest BCUT2D eigenvalue weighted by Crippen LogP contribution is 2.16. The van der Waals surface area contributed by atoms with Gasteiger partial charge in [0.25, 0.3) is 0 Å². The summed E-state index contributed by atoms with van der Waals surface area (Å²) >= 11 is 0. The zero-order valence-corrected chi connectivity index (χ0v) is 7.93. The normalized spacial score (nSPS) is 16.7. The van der Waals surface area contributed by atoms with E-state index in [4.69, 9.17) is 0 Å². The summed E-state index contributed by atoms with van der Waals surface area (Å²) in [4.78, 5) is 6.72. The number of rotatable bonds is 1. The van der Waals surface area contributed by atoms with Crippen molar-refractivity contribution in [1.82, 2.24) is 14.6 Å². The van der Waals surface area contributed by atoms with Crippen molar-refractivity contribution in [2.24, 2.45) is 0 Å². The number of hydrogen-bond acceptors (Lipinski definition) is 3. The number of hydrogen-bond donors (Lipinski definition) is 0. The van der Waals surface area contributed by atoms with Crippen LogP contribution in [-0.4, -0.2) is 27.7 Å². The maximum absolute atomic E-state index is 4.47. The van der Waals surface area contributed by atoms with Gasteiger partial charge in [-0.3, -0.25) is 0 Å². The lowest BCUT2D eigenvalue weighted by atomic mass is 10.4. The second kappa shape index (κ2) is 2.97. The highest BCUT2D eigenvalue weighted by atomic mass is 15.4. The van der Waals surface area contributed by atoms with Gasteiger partial charge in [-0.15, -0.1) is 5.10 Å². The molecule has 0 N–H and O–H groups in total. The predicted molar refractivity (Wildman–Crippen MR) is 54.4 cm³/mol. The molecule has 0 atom stereocenters. The van der Waals surface area contributed by atoms with E-state index in [0.29, 0.717) is 0 Å². The average molecular weight is 188 g/mol. The van der Waals surface area contributed by atoms with E-state index in [-0.39, 0.29) is 0 Å². The molecule has 3 rings (SSSR count). The van der Waals surface area contributed by atoms with Gasteiger partial charge in [0.1, 0.15) is 0 Å². The van der Waals surface area contributed by atoms with E-state index >= 15 is 0 Å². The van der Waals surface area contributed by atoms with Gasteiger partial charge in [-0.1, -0.05) is 6.07 Å². The van der Waals surface area contributed by atoms with Gasteiger partial charge in [0.05, 0.1) is 0 Å². The third kappa shape index (κ3) is 1.14. The van der Waals surface area contributed by atoms with Crippen LogP contribution in [0.15, 0.2) is 24.4 Å². The summed E-state index contributed by atoms with van der Waals surface area (Å²) in [6.07, 6.45) is 4.45.